The molecule has 2 aromatic carbocycles. The predicted octanol–water partition coefficient (Wildman–Crippen LogP) is 4.40. The Hall–Kier alpha value is -2.08. The largest absolute Gasteiger partial charge is 1.00 e. The molecule has 0 bridgehead atoms. The number of aliphatic carboxylic acids is 1. The predicted molar refractivity (Wildman–Crippen MR) is 160 cm³/mol. The maximum Gasteiger partial charge on any atom is 1.00 e. The van der Waals surface area contributed by atoms with Crippen LogP contribution in [0.15, 0.2) is 54.2 Å². The van der Waals surface area contributed by atoms with Crippen LogP contribution < -0.4 is 24.2 Å². The zero-order valence-electron chi connectivity index (χ0n) is 24.7. The van der Waals surface area contributed by atoms with Crippen LogP contribution in [-0.4, -0.2) is 40.0 Å². The minimum Gasteiger partial charge on any atom is -1.00 e. The number of hydrogen-bond acceptors (Lipinski definition) is 6. The van der Waals surface area contributed by atoms with Crippen LogP contribution in [0.3, 0.4) is 0 Å². The maximum atomic E-state index is 13.4. The quantitative estimate of drug-likeness (QED) is 0.294. The topological polar surface area (TPSA) is 88.5 Å². The van der Waals surface area contributed by atoms with Crippen molar-refractivity contribution in [1.82, 2.24) is 10.3 Å². The zero-order valence-corrected chi connectivity index (χ0v) is 25.4. The molecule has 1 fully saturated rings. The van der Waals surface area contributed by atoms with E-state index in [1.54, 1.807) is 29.2 Å². The number of nitrogens with zero attached hydrogens (tertiary/aromatic N) is 1. The Balaban J connectivity index is 0.00000294. The van der Waals surface area contributed by atoms with E-state index < -0.39 is 12.0 Å². The molecule has 6 nitrogen and oxygen atoms in total. The molecule has 1 amide bonds. The van der Waals surface area contributed by atoms with E-state index in [0.717, 1.165) is 33.6 Å². The number of thioether (sulfide) groups is 1. The molecule has 40 heavy (non-hydrogen) atoms. The SMILES string of the molecule is CSCC[C@H](NC(=O)c1ccc(COC(CC2CCCCC2)c2cncs2)cc1-c1ccccc1C)C(=O)O.[H-].[Li+]. The Bertz CT molecular complexity index is 1240. The van der Waals surface area contributed by atoms with Crippen molar-refractivity contribution in [3.05, 3.63) is 75.7 Å². The van der Waals surface area contributed by atoms with E-state index in [9.17, 15) is 14.7 Å². The fourth-order valence-electron chi connectivity index (χ4n) is 5.28. The third-order valence-corrected chi connectivity index (χ3v) is 8.98. The summed E-state index contributed by atoms with van der Waals surface area (Å²) >= 11 is 3.20. The van der Waals surface area contributed by atoms with Crippen molar-refractivity contribution in [2.24, 2.45) is 5.92 Å². The Morgan fingerprint density at radius 2 is 1.95 bits per heavy atom. The Morgan fingerprint density at radius 1 is 1.18 bits per heavy atom. The number of nitrogens with one attached hydrogen (secondary N) is 1. The summed E-state index contributed by atoms with van der Waals surface area (Å²) in [5, 5.41) is 12.4. The molecule has 1 aromatic heterocycles. The summed E-state index contributed by atoms with van der Waals surface area (Å²) in [6.45, 7) is 2.43. The second-order valence-corrected chi connectivity index (χ2v) is 12.2. The van der Waals surface area contributed by atoms with Gasteiger partial charge in [-0.25, -0.2) is 4.79 Å². The molecule has 0 radical (unpaired) electrons. The van der Waals surface area contributed by atoms with Crippen molar-refractivity contribution < 1.29 is 39.7 Å². The number of carboxylic acids is 1. The molecule has 2 atom stereocenters. The fraction of sp³-hybridized carbons (Fsp3) is 0.452. The Morgan fingerprint density at radius 3 is 2.62 bits per heavy atom. The molecule has 2 N–H and O–H groups in total. The summed E-state index contributed by atoms with van der Waals surface area (Å²) in [4.78, 5) is 30.6. The first-order valence-corrected chi connectivity index (χ1v) is 15.9. The molecule has 210 valence electrons. The van der Waals surface area contributed by atoms with Crippen molar-refractivity contribution in [3.8, 4) is 11.1 Å². The average Bonchev–Trinajstić information content (AvgIpc) is 3.49. The number of carboxylic acid groups (broad SMARTS) is 1. The van der Waals surface area contributed by atoms with E-state index in [1.165, 1.54) is 32.1 Å². The summed E-state index contributed by atoms with van der Waals surface area (Å²) < 4.78 is 6.53. The van der Waals surface area contributed by atoms with Crippen LogP contribution in [0.4, 0.5) is 0 Å². The van der Waals surface area contributed by atoms with Crippen LogP contribution in [0.25, 0.3) is 11.1 Å². The van der Waals surface area contributed by atoms with E-state index in [-0.39, 0.29) is 32.3 Å². The molecule has 1 aliphatic carbocycles. The van der Waals surface area contributed by atoms with E-state index >= 15 is 0 Å². The van der Waals surface area contributed by atoms with Crippen LogP contribution in [-0.2, 0) is 16.1 Å². The monoisotopic (exact) mass is 574 g/mol. The fourth-order valence-corrected chi connectivity index (χ4v) is 6.43. The van der Waals surface area contributed by atoms with Crippen molar-refractivity contribution in [1.29, 1.82) is 0 Å². The first-order valence-electron chi connectivity index (χ1n) is 13.7. The van der Waals surface area contributed by atoms with E-state index in [1.807, 2.05) is 61.3 Å². The standard InChI is InChI=1S/C31H38N2O4S2.Li.H/c1-21-8-6-7-11-24(21)26-16-23(12-13-25(26)30(34)33-27(31(35)36)14-15-38-2)19-37-28(29-18-32-20-39-29)17-22-9-4-3-5-10-22;;/h6-8,11-13,16,18,20,22,27-28H,3-5,9-10,14-15,17,19H2,1-2H3,(H,33,34)(H,35,36);;/q;+1;-1/t27-,28?;;/m0../s1. The van der Waals surface area contributed by atoms with Crippen LogP contribution in [0.5, 0.6) is 0 Å². The van der Waals surface area contributed by atoms with Crippen LogP contribution in [0.1, 0.15) is 78.8 Å². The van der Waals surface area contributed by atoms with Crippen molar-refractivity contribution in [2.45, 2.75) is 70.6 Å². The zero-order chi connectivity index (χ0) is 27.6. The number of hydrogen-bond donors (Lipinski definition) is 2. The normalized spacial score (nSPS) is 15.2. The van der Waals surface area contributed by atoms with Crippen molar-refractivity contribution in [3.63, 3.8) is 0 Å². The van der Waals surface area contributed by atoms with Gasteiger partial charge in [0.1, 0.15) is 6.04 Å². The Kier molecular flexibility index (Phi) is 13.3. The van der Waals surface area contributed by atoms with Gasteiger partial charge in [0.15, 0.2) is 0 Å². The molecule has 1 aliphatic rings. The summed E-state index contributed by atoms with van der Waals surface area (Å²) in [5.74, 6) is -0.0753. The summed E-state index contributed by atoms with van der Waals surface area (Å²) in [6.07, 6.45) is 11.6. The van der Waals surface area contributed by atoms with Gasteiger partial charge in [0.25, 0.3) is 5.91 Å². The third-order valence-electron chi connectivity index (χ3n) is 7.47. The number of aryl methyl sites for hydroxylation is 1. The van der Waals surface area contributed by atoms with Crippen molar-refractivity contribution in [2.75, 3.05) is 12.0 Å². The average molecular weight is 575 g/mol. The molecule has 1 unspecified atom stereocenters. The number of aromatic nitrogens is 1. The van der Waals surface area contributed by atoms with Gasteiger partial charge >= 0.3 is 24.8 Å². The second kappa shape index (κ2) is 16.4. The molecule has 1 heterocycles. The van der Waals surface area contributed by atoms with Crippen molar-refractivity contribution >= 4 is 35.0 Å². The van der Waals surface area contributed by atoms with Crippen LogP contribution >= 0.6 is 23.1 Å². The molecule has 0 saturated heterocycles. The summed E-state index contributed by atoms with van der Waals surface area (Å²) in [5.41, 5.74) is 6.07. The number of carbonyl (C=O) groups excluding carboxylic acids is 1. The van der Waals surface area contributed by atoms with Crippen LogP contribution in [0.2, 0.25) is 0 Å². The van der Waals surface area contributed by atoms with E-state index in [0.29, 0.717) is 30.3 Å². The van der Waals surface area contributed by atoms with Gasteiger partial charge in [-0.15, -0.1) is 11.3 Å². The molecule has 3 aromatic rings. The minimum absolute atomic E-state index is 0. The minimum atomic E-state index is -1.02. The summed E-state index contributed by atoms with van der Waals surface area (Å²) in [6, 6.07) is 12.7. The first kappa shape index (κ1) is 32.4. The first-order chi connectivity index (χ1) is 19.0. The Labute approximate surface area is 259 Å². The van der Waals surface area contributed by atoms with Gasteiger partial charge in [0, 0.05) is 11.8 Å². The molecule has 4 rings (SSSR count). The van der Waals surface area contributed by atoms with Gasteiger partial charge in [-0.2, -0.15) is 11.8 Å². The number of benzene rings is 2. The number of amides is 1. The summed E-state index contributed by atoms with van der Waals surface area (Å²) in [7, 11) is 0. The number of carbonyl (C=O) groups is 2. The molecule has 0 aliphatic heterocycles. The third kappa shape index (κ3) is 8.96. The number of thiazole rings is 1. The van der Waals surface area contributed by atoms with Gasteiger partial charge in [0.2, 0.25) is 0 Å². The second-order valence-electron chi connectivity index (χ2n) is 10.3. The van der Waals surface area contributed by atoms with Gasteiger partial charge in [-0.1, -0.05) is 62.4 Å². The molecule has 9 heteroatoms. The molecule has 1 saturated carbocycles. The molecular weight excluding hydrogens is 535 g/mol. The number of ether oxygens (including phenoxy) is 1. The number of rotatable bonds is 13. The van der Waals surface area contributed by atoms with E-state index in [4.69, 9.17) is 4.74 Å². The van der Waals surface area contributed by atoms with Gasteiger partial charge < -0.3 is 16.6 Å². The van der Waals surface area contributed by atoms with Gasteiger partial charge in [-0.05, 0) is 72.1 Å². The molecular formula is C31H39LiN2O4S2. The van der Waals surface area contributed by atoms with Crippen LogP contribution in [0, 0.1) is 12.8 Å². The van der Waals surface area contributed by atoms with Gasteiger partial charge in [-0.3, -0.25) is 9.78 Å². The smallest absolute Gasteiger partial charge is 1.00 e. The molecule has 0 spiro atoms. The van der Waals surface area contributed by atoms with Gasteiger partial charge in [0.05, 0.1) is 23.1 Å². The maximum absolute atomic E-state index is 13.4. The van der Waals surface area contributed by atoms with E-state index in [2.05, 4.69) is 10.3 Å².